The average Bonchev–Trinajstić information content (AvgIpc) is 2.40. The van der Waals surface area contributed by atoms with Crippen LogP contribution in [-0.2, 0) is 4.74 Å². The van der Waals surface area contributed by atoms with Crippen LogP contribution >= 0.6 is 0 Å². The minimum absolute atomic E-state index is 0.0829. The van der Waals surface area contributed by atoms with Gasteiger partial charge in [0.1, 0.15) is 0 Å². The molecule has 0 bridgehead atoms. The molecule has 0 aromatic rings. The third-order valence-electron chi connectivity index (χ3n) is 3.29. The van der Waals surface area contributed by atoms with E-state index < -0.39 is 0 Å². The van der Waals surface area contributed by atoms with Gasteiger partial charge in [-0.25, -0.2) is 0 Å². The third-order valence-corrected chi connectivity index (χ3v) is 3.29. The Hall–Kier alpha value is -1.16. The summed E-state index contributed by atoms with van der Waals surface area (Å²) in [4.78, 5) is 4.58. The van der Waals surface area contributed by atoms with Crippen LogP contribution in [-0.4, -0.2) is 54.9 Å². The molecule has 0 aromatic heterocycles. The van der Waals surface area contributed by atoms with E-state index in [0.29, 0.717) is 0 Å². The fourth-order valence-electron chi connectivity index (χ4n) is 2.43. The SMILES string of the molecule is C=CCN(CC=C)C(N(CC=C)CC=C)C(C)(C)OC. The molecule has 0 atom stereocenters. The van der Waals surface area contributed by atoms with E-state index in [1.54, 1.807) is 7.11 Å². The van der Waals surface area contributed by atoms with E-state index in [-0.39, 0.29) is 11.8 Å². The largest absolute Gasteiger partial charge is 0.376 e. The molecule has 0 aliphatic carbocycles. The Bertz CT molecular complexity index is 279. The molecule has 114 valence electrons. The van der Waals surface area contributed by atoms with Crippen molar-refractivity contribution in [1.29, 1.82) is 0 Å². The van der Waals surface area contributed by atoms with Crippen LogP contribution in [0.15, 0.2) is 50.6 Å². The first-order valence-electron chi connectivity index (χ1n) is 6.95. The summed E-state index contributed by atoms with van der Waals surface area (Å²) in [5.74, 6) is 0. The molecule has 0 fully saturated rings. The zero-order valence-corrected chi connectivity index (χ0v) is 13.3. The van der Waals surface area contributed by atoms with E-state index in [2.05, 4.69) is 50.0 Å². The number of nitrogens with zero attached hydrogens (tertiary/aromatic N) is 2. The van der Waals surface area contributed by atoms with E-state index in [1.807, 2.05) is 24.3 Å². The van der Waals surface area contributed by atoms with Crippen LogP contribution in [0.1, 0.15) is 13.8 Å². The summed E-state index contributed by atoms with van der Waals surface area (Å²) in [6, 6.07) is 0. The van der Waals surface area contributed by atoms with Gasteiger partial charge < -0.3 is 4.74 Å². The standard InChI is InChI=1S/C17H30N2O/c1-8-12-18(13-9-2)16(17(5,6)20-7)19(14-10-3)15-11-4/h8-11,16H,1-4,12-15H2,5-7H3. The lowest BCUT2D eigenvalue weighted by Crippen LogP contribution is -2.60. The van der Waals surface area contributed by atoms with Crippen LogP contribution in [0.25, 0.3) is 0 Å². The molecule has 0 unspecified atom stereocenters. The second-order valence-electron chi connectivity index (χ2n) is 5.24. The molecule has 0 aromatic carbocycles. The summed E-state index contributed by atoms with van der Waals surface area (Å²) in [5.41, 5.74) is -0.335. The van der Waals surface area contributed by atoms with Crippen LogP contribution in [0, 0.1) is 0 Å². The van der Waals surface area contributed by atoms with Crippen molar-refractivity contribution < 1.29 is 4.74 Å². The number of hydrogen-bond acceptors (Lipinski definition) is 3. The van der Waals surface area contributed by atoms with Gasteiger partial charge >= 0.3 is 0 Å². The summed E-state index contributed by atoms with van der Waals surface area (Å²) < 4.78 is 5.73. The van der Waals surface area contributed by atoms with Crippen molar-refractivity contribution in [3.63, 3.8) is 0 Å². The average molecular weight is 278 g/mol. The molecular weight excluding hydrogens is 248 g/mol. The maximum absolute atomic E-state index is 5.73. The van der Waals surface area contributed by atoms with Crippen LogP contribution in [0.3, 0.4) is 0 Å². The molecule has 0 saturated carbocycles. The van der Waals surface area contributed by atoms with Gasteiger partial charge in [0, 0.05) is 33.3 Å². The number of ether oxygens (including phenoxy) is 1. The first-order valence-corrected chi connectivity index (χ1v) is 6.95. The lowest BCUT2D eigenvalue weighted by molar-refractivity contribution is -0.106. The molecular formula is C17H30N2O. The molecule has 0 spiro atoms. The smallest absolute Gasteiger partial charge is 0.0927 e. The predicted octanol–water partition coefficient (Wildman–Crippen LogP) is 3.09. The molecule has 0 rings (SSSR count). The highest BCUT2D eigenvalue weighted by molar-refractivity contribution is 4.96. The van der Waals surface area contributed by atoms with Gasteiger partial charge in [-0.2, -0.15) is 0 Å². The molecule has 0 amide bonds. The van der Waals surface area contributed by atoms with Crippen molar-refractivity contribution in [2.45, 2.75) is 25.6 Å². The van der Waals surface area contributed by atoms with Gasteiger partial charge in [-0.1, -0.05) is 24.3 Å². The highest BCUT2D eigenvalue weighted by Crippen LogP contribution is 2.23. The molecule has 0 aliphatic rings. The van der Waals surface area contributed by atoms with Crippen LogP contribution < -0.4 is 0 Å². The third kappa shape index (κ3) is 5.45. The first kappa shape index (κ1) is 18.8. The van der Waals surface area contributed by atoms with Crippen molar-refractivity contribution in [3.05, 3.63) is 50.6 Å². The molecule has 20 heavy (non-hydrogen) atoms. The van der Waals surface area contributed by atoms with Crippen molar-refractivity contribution in [1.82, 2.24) is 9.80 Å². The summed E-state index contributed by atoms with van der Waals surface area (Å²) in [6.07, 6.45) is 7.70. The topological polar surface area (TPSA) is 15.7 Å². The fraction of sp³-hybridized carbons (Fsp3) is 0.529. The minimum Gasteiger partial charge on any atom is -0.376 e. The summed E-state index contributed by atoms with van der Waals surface area (Å²) in [6.45, 7) is 22.7. The summed E-state index contributed by atoms with van der Waals surface area (Å²) in [7, 11) is 1.74. The maximum Gasteiger partial charge on any atom is 0.0927 e. The van der Waals surface area contributed by atoms with Crippen LogP contribution in [0.2, 0.25) is 0 Å². The Morgan fingerprint density at radius 3 is 1.35 bits per heavy atom. The molecule has 0 heterocycles. The molecule has 0 aliphatic heterocycles. The van der Waals surface area contributed by atoms with Crippen LogP contribution in [0.5, 0.6) is 0 Å². The van der Waals surface area contributed by atoms with Crippen molar-refractivity contribution in [2.24, 2.45) is 0 Å². The van der Waals surface area contributed by atoms with Crippen LogP contribution in [0.4, 0.5) is 0 Å². The summed E-state index contributed by atoms with van der Waals surface area (Å²) >= 11 is 0. The van der Waals surface area contributed by atoms with Crippen molar-refractivity contribution in [2.75, 3.05) is 33.3 Å². The Kier molecular flexibility index (Phi) is 9.14. The van der Waals surface area contributed by atoms with Gasteiger partial charge in [-0.15, -0.1) is 26.3 Å². The molecule has 0 radical (unpaired) electrons. The van der Waals surface area contributed by atoms with Crippen molar-refractivity contribution >= 4 is 0 Å². The number of rotatable bonds is 12. The highest BCUT2D eigenvalue weighted by atomic mass is 16.5. The highest BCUT2D eigenvalue weighted by Gasteiger charge is 2.37. The van der Waals surface area contributed by atoms with E-state index >= 15 is 0 Å². The zero-order chi connectivity index (χ0) is 15.6. The van der Waals surface area contributed by atoms with Gasteiger partial charge in [0.05, 0.1) is 11.8 Å². The van der Waals surface area contributed by atoms with E-state index in [4.69, 9.17) is 4.74 Å². The fourth-order valence-corrected chi connectivity index (χ4v) is 2.43. The zero-order valence-electron chi connectivity index (χ0n) is 13.3. The second kappa shape index (κ2) is 9.70. The molecule has 3 nitrogen and oxygen atoms in total. The Morgan fingerprint density at radius 1 is 0.850 bits per heavy atom. The summed E-state index contributed by atoms with van der Waals surface area (Å²) in [5, 5.41) is 0. The lowest BCUT2D eigenvalue weighted by Gasteiger charge is -2.46. The van der Waals surface area contributed by atoms with Gasteiger partial charge in [-0.3, -0.25) is 9.80 Å². The van der Waals surface area contributed by atoms with Gasteiger partial charge in [-0.05, 0) is 13.8 Å². The second-order valence-corrected chi connectivity index (χ2v) is 5.24. The van der Waals surface area contributed by atoms with Crippen molar-refractivity contribution in [3.8, 4) is 0 Å². The van der Waals surface area contributed by atoms with Gasteiger partial charge in [0.15, 0.2) is 0 Å². The number of hydrogen-bond donors (Lipinski definition) is 0. The molecule has 0 saturated heterocycles. The Morgan fingerprint density at radius 2 is 1.15 bits per heavy atom. The van der Waals surface area contributed by atoms with E-state index in [9.17, 15) is 0 Å². The van der Waals surface area contributed by atoms with E-state index in [1.165, 1.54) is 0 Å². The first-order chi connectivity index (χ1) is 9.48. The van der Waals surface area contributed by atoms with E-state index in [0.717, 1.165) is 26.2 Å². The molecule has 0 N–H and O–H groups in total. The Balaban J connectivity index is 5.49. The Labute approximate surface area is 124 Å². The lowest BCUT2D eigenvalue weighted by atomic mass is 10.0. The maximum atomic E-state index is 5.73. The number of methoxy groups -OCH3 is 1. The van der Waals surface area contributed by atoms with Gasteiger partial charge in [0.2, 0.25) is 0 Å². The normalized spacial score (nSPS) is 11.9. The van der Waals surface area contributed by atoms with Gasteiger partial charge in [0.25, 0.3) is 0 Å². The quantitative estimate of drug-likeness (QED) is 0.403. The predicted molar refractivity (Wildman–Crippen MR) is 88.8 cm³/mol. The minimum atomic E-state index is -0.335. The molecule has 3 heteroatoms. The monoisotopic (exact) mass is 278 g/mol.